The summed E-state index contributed by atoms with van der Waals surface area (Å²) in [6.45, 7) is 8.87. The number of aromatic carboxylic acids is 1. The summed E-state index contributed by atoms with van der Waals surface area (Å²) in [5, 5.41) is 24.5. The van der Waals surface area contributed by atoms with Crippen LogP contribution < -0.4 is 15.4 Å². The number of amides is 3. The van der Waals surface area contributed by atoms with Crippen molar-refractivity contribution >= 4 is 23.6 Å². The van der Waals surface area contributed by atoms with Crippen LogP contribution in [0.15, 0.2) is 42.5 Å². The average molecular weight is 527 g/mol. The highest BCUT2D eigenvalue weighted by Gasteiger charge is 2.33. The van der Waals surface area contributed by atoms with Crippen molar-refractivity contribution in [2.45, 2.75) is 52.4 Å². The van der Waals surface area contributed by atoms with Crippen LogP contribution in [0.2, 0.25) is 0 Å². The number of hydrogen-bond acceptors (Lipinski definition) is 6. The van der Waals surface area contributed by atoms with Crippen LogP contribution in [0.25, 0.3) is 0 Å². The van der Waals surface area contributed by atoms with Gasteiger partial charge in [-0.1, -0.05) is 19.1 Å². The van der Waals surface area contributed by atoms with E-state index in [9.17, 15) is 19.5 Å². The molecule has 4 N–H and O–H groups in total. The van der Waals surface area contributed by atoms with E-state index in [4.69, 9.17) is 9.84 Å². The predicted octanol–water partition coefficient (Wildman–Crippen LogP) is 3.27. The molecule has 10 nitrogen and oxygen atoms in total. The Morgan fingerprint density at radius 3 is 2.45 bits per heavy atom. The van der Waals surface area contributed by atoms with Gasteiger partial charge in [-0.05, 0) is 63.7 Å². The first-order valence-corrected chi connectivity index (χ1v) is 12.8. The maximum absolute atomic E-state index is 13.6. The van der Waals surface area contributed by atoms with Gasteiger partial charge in [0.15, 0.2) is 0 Å². The molecule has 3 atom stereocenters. The molecule has 3 rings (SSSR count). The second-order valence-corrected chi connectivity index (χ2v) is 10.3. The molecule has 2 aromatic rings. The van der Waals surface area contributed by atoms with Crippen LogP contribution in [-0.2, 0) is 6.54 Å². The monoisotopic (exact) mass is 526 g/mol. The first kappa shape index (κ1) is 28.9. The van der Waals surface area contributed by atoms with Crippen molar-refractivity contribution < 1.29 is 29.3 Å². The lowest BCUT2D eigenvalue weighted by Gasteiger charge is -2.38. The molecule has 0 aromatic heterocycles. The number of aliphatic hydroxyl groups excluding tert-OH is 1. The van der Waals surface area contributed by atoms with Gasteiger partial charge in [-0.2, -0.15) is 0 Å². The first-order valence-electron chi connectivity index (χ1n) is 12.8. The molecule has 38 heavy (non-hydrogen) atoms. The molecule has 0 saturated heterocycles. The van der Waals surface area contributed by atoms with Crippen molar-refractivity contribution in [1.82, 2.24) is 15.1 Å². The van der Waals surface area contributed by atoms with E-state index >= 15 is 0 Å². The fourth-order valence-electron chi connectivity index (χ4n) is 4.38. The number of carbonyl (C=O) groups excluding carboxylic acids is 2. The molecule has 1 heterocycles. The van der Waals surface area contributed by atoms with Crippen molar-refractivity contribution in [1.29, 1.82) is 0 Å². The van der Waals surface area contributed by atoms with Crippen molar-refractivity contribution in [2.24, 2.45) is 5.92 Å². The van der Waals surface area contributed by atoms with Gasteiger partial charge in [-0.25, -0.2) is 9.59 Å². The second kappa shape index (κ2) is 12.7. The molecular formula is C28H38N4O6. The Hall–Kier alpha value is -3.63. The summed E-state index contributed by atoms with van der Waals surface area (Å²) in [6.07, 6.45) is -0.276. The van der Waals surface area contributed by atoms with Gasteiger partial charge < -0.3 is 30.5 Å². The lowest BCUT2D eigenvalue weighted by molar-refractivity contribution is 0.0341. The molecule has 0 fully saturated rings. The molecule has 0 aliphatic carbocycles. The predicted molar refractivity (Wildman–Crippen MR) is 145 cm³/mol. The summed E-state index contributed by atoms with van der Waals surface area (Å²) in [6, 6.07) is 10.9. The number of carboxylic acid groups (broad SMARTS) is 1. The summed E-state index contributed by atoms with van der Waals surface area (Å²) >= 11 is 0. The number of fused-ring (bicyclic) bond motifs is 1. The zero-order valence-electron chi connectivity index (χ0n) is 22.6. The van der Waals surface area contributed by atoms with E-state index in [0.29, 0.717) is 36.6 Å². The lowest BCUT2D eigenvalue weighted by Crippen LogP contribution is -2.49. The zero-order chi connectivity index (χ0) is 28.0. The molecule has 0 radical (unpaired) electrons. The van der Waals surface area contributed by atoms with Crippen LogP contribution in [0, 0.1) is 5.92 Å². The highest BCUT2D eigenvalue weighted by molar-refractivity contribution is 5.99. The Labute approximate surface area is 223 Å². The smallest absolute Gasteiger partial charge is 0.335 e. The van der Waals surface area contributed by atoms with Crippen LogP contribution in [0.1, 0.15) is 54.0 Å². The third kappa shape index (κ3) is 7.45. The van der Waals surface area contributed by atoms with Gasteiger partial charge in [-0.3, -0.25) is 9.69 Å². The van der Waals surface area contributed by atoms with E-state index in [1.165, 1.54) is 0 Å². The highest BCUT2D eigenvalue weighted by Crippen LogP contribution is 2.30. The van der Waals surface area contributed by atoms with Crippen LogP contribution >= 0.6 is 0 Å². The number of aliphatic hydroxyl groups is 1. The normalized spacial score (nSPS) is 18.3. The van der Waals surface area contributed by atoms with E-state index < -0.39 is 12.0 Å². The number of hydrogen-bond donors (Lipinski definition) is 4. The minimum absolute atomic E-state index is 0.0421. The van der Waals surface area contributed by atoms with E-state index in [-0.39, 0.29) is 42.2 Å². The fraction of sp³-hybridized carbons (Fsp3) is 0.464. The molecule has 0 bridgehead atoms. The molecule has 0 spiro atoms. The maximum Gasteiger partial charge on any atom is 0.335 e. The van der Waals surface area contributed by atoms with Gasteiger partial charge in [0.05, 0.1) is 23.8 Å². The second-order valence-electron chi connectivity index (χ2n) is 10.3. The Balaban J connectivity index is 1.84. The number of urea groups is 1. The topological polar surface area (TPSA) is 131 Å². The Morgan fingerprint density at radius 2 is 1.84 bits per heavy atom. The standard InChI is InChI=1S/C28H38N4O6/c1-17(2)29-28(37)30-22-10-11-24-23(12-22)26(34)32(19(4)16-33)13-18(3)25(38-24)15-31(5)14-20-6-8-21(9-7-20)27(35)36/h6-12,17-19,25,33H,13-16H2,1-5H3,(H,35,36)(H2,29,30,37)/t18-,19+,25+/m0/s1. The molecule has 10 heteroatoms. The van der Waals surface area contributed by atoms with Gasteiger partial charge in [-0.15, -0.1) is 0 Å². The van der Waals surface area contributed by atoms with Gasteiger partial charge in [0.2, 0.25) is 0 Å². The Kier molecular flexibility index (Phi) is 9.71. The number of nitrogens with zero attached hydrogens (tertiary/aromatic N) is 2. The summed E-state index contributed by atoms with van der Waals surface area (Å²) in [5.41, 5.74) is 1.99. The molecule has 0 unspecified atom stereocenters. The third-order valence-electron chi connectivity index (χ3n) is 6.49. The average Bonchev–Trinajstić information content (AvgIpc) is 2.85. The fourth-order valence-corrected chi connectivity index (χ4v) is 4.38. The lowest BCUT2D eigenvalue weighted by atomic mass is 9.99. The number of ether oxygens (including phenoxy) is 1. The summed E-state index contributed by atoms with van der Waals surface area (Å²) < 4.78 is 6.41. The zero-order valence-corrected chi connectivity index (χ0v) is 22.6. The van der Waals surface area contributed by atoms with E-state index in [0.717, 1.165) is 5.56 Å². The van der Waals surface area contributed by atoms with Gasteiger partial charge in [0.1, 0.15) is 11.9 Å². The number of anilines is 1. The largest absolute Gasteiger partial charge is 0.488 e. The first-order chi connectivity index (χ1) is 18.0. The number of benzene rings is 2. The van der Waals surface area contributed by atoms with Crippen molar-refractivity contribution in [2.75, 3.05) is 32.1 Å². The molecule has 1 aliphatic heterocycles. The van der Waals surface area contributed by atoms with Gasteiger partial charge in [0.25, 0.3) is 5.91 Å². The van der Waals surface area contributed by atoms with E-state index in [1.807, 2.05) is 27.8 Å². The Morgan fingerprint density at radius 1 is 1.16 bits per heavy atom. The molecular weight excluding hydrogens is 488 g/mol. The number of likely N-dealkylation sites (N-methyl/N-ethyl adjacent to an activating group) is 1. The number of carbonyl (C=O) groups is 3. The van der Waals surface area contributed by atoms with Crippen molar-refractivity contribution in [3.05, 3.63) is 59.2 Å². The quantitative estimate of drug-likeness (QED) is 0.394. The molecule has 2 aromatic carbocycles. The number of nitrogens with one attached hydrogen (secondary N) is 2. The van der Waals surface area contributed by atoms with Crippen LogP contribution in [0.5, 0.6) is 5.75 Å². The minimum Gasteiger partial charge on any atom is -0.488 e. The third-order valence-corrected chi connectivity index (χ3v) is 6.49. The highest BCUT2D eigenvalue weighted by atomic mass is 16.5. The minimum atomic E-state index is -0.963. The number of rotatable bonds is 9. The summed E-state index contributed by atoms with van der Waals surface area (Å²) in [7, 11) is 1.96. The molecule has 3 amide bonds. The van der Waals surface area contributed by atoms with E-state index in [1.54, 1.807) is 54.3 Å². The summed E-state index contributed by atoms with van der Waals surface area (Å²) in [4.78, 5) is 40.6. The van der Waals surface area contributed by atoms with Crippen molar-refractivity contribution in [3.8, 4) is 5.75 Å². The molecule has 206 valence electrons. The SMILES string of the molecule is CC(C)NC(=O)Nc1ccc2c(c1)C(=O)N([C@H](C)CO)C[C@H](C)[C@@H](CN(C)Cc1ccc(C(=O)O)cc1)O2. The van der Waals surface area contributed by atoms with Crippen LogP contribution in [0.3, 0.4) is 0 Å². The van der Waals surface area contributed by atoms with Crippen molar-refractivity contribution in [3.63, 3.8) is 0 Å². The van der Waals surface area contributed by atoms with Gasteiger partial charge >= 0.3 is 12.0 Å². The maximum atomic E-state index is 13.6. The molecule has 0 saturated carbocycles. The summed E-state index contributed by atoms with van der Waals surface area (Å²) in [5.74, 6) is -0.870. The molecule has 1 aliphatic rings. The van der Waals surface area contributed by atoms with Gasteiger partial charge in [0, 0.05) is 37.3 Å². The van der Waals surface area contributed by atoms with Crippen LogP contribution in [-0.4, -0.2) is 82.9 Å². The van der Waals surface area contributed by atoms with Crippen LogP contribution in [0.4, 0.5) is 10.5 Å². The Bertz CT molecular complexity index is 1140. The number of carboxylic acids is 1. The van der Waals surface area contributed by atoms with E-state index in [2.05, 4.69) is 15.5 Å².